The highest BCUT2D eigenvalue weighted by molar-refractivity contribution is 5.97. The number of rotatable bonds is 8. The maximum Gasteiger partial charge on any atom is 0.275 e. The second-order valence-corrected chi connectivity index (χ2v) is 6.64. The molecule has 0 atom stereocenters. The fourth-order valence-electron chi connectivity index (χ4n) is 2.87. The summed E-state index contributed by atoms with van der Waals surface area (Å²) < 4.78 is 10.5. The highest BCUT2D eigenvalue weighted by Gasteiger charge is 2.16. The molecule has 0 aliphatic heterocycles. The lowest BCUT2D eigenvalue weighted by Gasteiger charge is -2.10. The number of amides is 1. The molecule has 3 rings (SSSR count). The molecule has 0 spiro atoms. The number of carbonyl (C=O) groups is 1. The van der Waals surface area contributed by atoms with E-state index in [1.165, 1.54) is 5.56 Å². The van der Waals surface area contributed by atoms with Gasteiger partial charge in [-0.2, -0.15) is 5.21 Å². The smallest absolute Gasteiger partial charge is 0.275 e. The molecule has 0 unspecified atom stereocenters. The van der Waals surface area contributed by atoms with Gasteiger partial charge in [-0.25, -0.2) is 0 Å². The number of hydrogen-bond acceptors (Lipinski definition) is 6. The topological polar surface area (TPSA) is 101 Å². The molecule has 3 aromatic rings. The quantitative estimate of drug-likeness (QED) is 0.542. The molecule has 8 nitrogen and oxygen atoms in total. The van der Waals surface area contributed by atoms with Gasteiger partial charge in [-0.1, -0.05) is 12.1 Å². The Morgan fingerprint density at radius 3 is 2.52 bits per heavy atom. The van der Waals surface area contributed by atoms with Crippen LogP contribution >= 0.6 is 0 Å². The summed E-state index contributed by atoms with van der Waals surface area (Å²) in [6, 6.07) is 11.6. The van der Waals surface area contributed by atoms with Gasteiger partial charge in [0.15, 0.2) is 23.0 Å². The second-order valence-electron chi connectivity index (χ2n) is 6.64. The van der Waals surface area contributed by atoms with Crippen LogP contribution in [0.15, 0.2) is 36.4 Å². The van der Waals surface area contributed by atoms with E-state index < -0.39 is 0 Å². The van der Waals surface area contributed by atoms with Gasteiger partial charge < -0.3 is 20.1 Å². The molecule has 0 saturated heterocycles. The minimum atomic E-state index is -0.300. The van der Waals surface area contributed by atoms with E-state index >= 15 is 0 Å². The zero-order chi connectivity index (χ0) is 20.8. The van der Waals surface area contributed by atoms with Gasteiger partial charge in [0.25, 0.3) is 5.91 Å². The number of benzene rings is 2. The van der Waals surface area contributed by atoms with Crippen molar-refractivity contribution < 1.29 is 14.3 Å². The van der Waals surface area contributed by atoms with Crippen LogP contribution in [0.3, 0.4) is 0 Å². The summed E-state index contributed by atoms with van der Waals surface area (Å²) in [7, 11) is 3.19. The number of carbonyl (C=O) groups excluding carboxylic acids is 1. The lowest BCUT2D eigenvalue weighted by atomic mass is 10.1. The lowest BCUT2D eigenvalue weighted by Crippen LogP contribution is -2.26. The minimum Gasteiger partial charge on any atom is -0.493 e. The molecule has 0 aliphatic carbocycles. The number of hydrogen-bond donors (Lipinski definition) is 3. The molecule has 1 aromatic heterocycles. The number of nitrogens with zero attached hydrogens (tertiary/aromatic N) is 2. The van der Waals surface area contributed by atoms with Gasteiger partial charge in [-0.15, -0.1) is 10.2 Å². The number of ether oxygens (including phenoxy) is 2. The molecule has 0 fully saturated rings. The summed E-state index contributed by atoms with van der Waals surface area (Å²) in [6.45, 7) is 4.53. The predicted octanol–water partition coefficient (Wildman–Crippen LogP) is 3.15. The molecule has 29 heavy (non-hydrogen) atoms. The number of methoxy groups -OCH3 is 2. The first-order chi connectivity index (χ1) is 14.0. The first kappa shape index (κ1) is 20.2. The van der Waals surface area contributed by atoms with E-state index in [1.807, 2.05) is 50.2 Å². The maximum absolute atomic E-state index is 12.5. The Kier molecular flexibility index (Phi) is 6.33. The molecular weight excluding hydrogens is 370 g/mol. The largest absolute Gasteiger partial charge is 0.493 e. The van der Waals surface area contributed by atoms with Crippen LogP contribution < -0.4 is 20.1 Å². The van der Waals surface area contributed by atoms with E-state index in [0.29, 0.717) is 30.3 Å². The third kappa shape index (κ3) is 4.84. The third-order valence-corrected chi connectivity index (χ3v) is 4.68. The number of aromatic amines is 1. The van der Waals surface area contributed by atoms with Crippen molar-refractivity contribution in [3.63, 3.8) is 0 Å². The third-order valence-electron chi connectivity index (χ3n) is 4.68. The van der Waals surface area contributed by atoms with Crippen LogP contribution in [0.5, 0.6) is 11.5 Å². The molecule has 0 aliphatic rings. The standard InChI is InChI=1S/C21H25N5O3/c1-13-5-7-16(11-14(13)2)23-20-19(24-26-25-20)21(27)22-10-9-15-6-8-17(28-3)18(12-15)29-4/h5-8,11-12H,9-10H2,1-4H3,(H,22,27)(H2,23,24,25,26). The van der Waals surface area contributed by atoms with Gasteiger partial charge in [0.05, 0.1) is 14.2 Å². The number of aryl methyl sites for hydroxylation is 2. The highest BCUT2D eigenvalue weighted by Crippen LogP contribution is 2.27. The van der Waals surface area contributed by atoms with Crippen molar-refractivity contribution in [2.45, 2.75) is 20.3 Å². The molecule has 2 aromatic carbocycles. The normalized spacial score (nSPS) is 10.5. The zero-order valence-corrected chi connectivity index (χ0v) is 17.0. The number of aromatic nitrogens is 3. The van der Waals surface area contributed by atoms with E-state index in [4.69, 9.17) is 9.47 Å². The Balaban J connectivity index is 1.60. The highest BCUT2D eigenvalue weighted by atomic mass is 16.5. The number of nitrogens with one attached hydrogen (secondary N) is 3. The average molecular weight is 395 g/mol. The van der Waals surface area contributed by atoms with Gasteiger partial charge >= 0.3 is 0 Å². The monoisotopic (exact) mass is 395 g/mol. The average Bonchev–Trinajstić information content (AvgIpc) is 3.18. The lowest BCUT2D eigenvalue weighted by molar-refractivity contribution is 0.0950. The van der Waals surface area contributed by atoms with Gasteiger partial charge in [0.1, 0.15) is 0 Å². The molecule has 0 bridgehead atoms. The van der Waals surface area contributed by atoms with Crippen LogP contribution in [-0.4, -0.2) is 42.1 Å². The summed E-state index contributed by atoms with van der Waals surface area (Å²) in [4.78, 5) is 12.5. The van der Waals surface area contributed by atoms with Crippen molar-refractivity contribution in [1.29, 1.82) is 0 Å². The van der Waals surface area contributed by atoms with Crippen molar-refractivity contribution in [2.24, 2.45) is 0 Å². The Bertz CT molecular complexity index is 1000. The fraction of sp³-hybridized carbons (Fsp3) is 0.286. The van der Waals surface area contributed by atoms with Gasteiger partial charge in [-0.3, -0.25) is 4.79 Å². The van der Waals surface area contributed by atoms with Crippen LogP contribution in [0, 0.1) is 13.8 Å². The molecule has 1 amide bonds. The molecule has 8 heteroatoms. The predicted molar refractivity (Wildman–Crippen MR) is 111 cm³/mol. The Labute approximate surface area is 169 Å². The first-order valence-electron chi connectivity index (χ1n) is 9.26. The van der Waals surface area contributed by atoms with E-state index in [-0.39, 0.29) is 11.6 Å². The molecule has 3 N–H and O–H groups in total. The van der Waals surface area contributed by atoms with Crippen molar-refractivity contribution >= 4 is 17.4 Å². The zero-order valence-electron chi connectivity index (χ0n) is 17.0. The molecule has 1 heterocycles. The summed E-state index contributed by atoms with van der Waals surface area (Å²) >= 11 is 0. The Morgan fingerprint density at radius 1 is 1.00 bits per heavy atom. The van der Waals surface area contributed by atoms with Gasteiger partial charge in [-0.05, 0) is 61.2 Å². The van der Waals surface area contributed by atoms with E-state index in [2.05, 4.69) is 26.0 Å². The Hall–Kier alpha value is -3.55. The van der Waals surface area contributed by atoms with Crippen molar-refractivity contribution in [3.05, 3.63) is 58.8 Å². The van der Waals surface area contributed by atoms with Crippen LogP contribution in [0.4, 0.5) is 11.5 Å². The molecule has 152 valence electrons. The van der Waals surface area contributed by atoms with Crippen molar-refractivity contribution in [3.8, 4) is 11.5 Å². The van der Waals surface area contributed by atoms with Crippen LogP contribution in [-0.2, 0) is 6.42 Å². The fourth-order valence-corrected chi connectivity index (χ4v) is 2.87. The molecule has 0 saturated carbocycles. The van der Waals surface area contributed by atoms with Gasteiger partial charge in [0, 0.05) is 12.2 Å². The molecular formula is C21H25N5O3. The minimum absolute atomic E-state index is 0.218. The summed E-state index contributed by atoms with van der Waals surface area (Å²) in [5.74, 6) is 1.42. The van der Waals surface area contributed by atoms with Crippen molar-refractivity contribution in [1.82, 2.24) is 20.7 Å². The summed E-state index contributed by atoms with van der Waals surface area (Å²) in [5, 5.41) is 16.6. The van der Waals surface area contributed by atoms with Crippen LogP contribution in [0.25, 0.3) is 0 Å². The maximum atomic E-state index is 12.5. The van der Waals surface area contributed by atoms with Gasteiger partial charge in [0.2, 0.25) is 0 Å². The van der Waals surface area contributed by atoms with Crippen molar-refractivity contribution in [2.75, 3.05) is 26.1 Å². The molecule has 0 radical (unpaired) electrons. The van der Waals surface area contributed by atoms with E-state index in [0.717, 1.165) is 16.8 Å². The SMILES string of the molecule is COc1ccc(CCNC(=O)c2n[nH]nc2Nc2ccc(C)c(C)c2)cc1OC. The summed E-state index contributed by atoms with van der Waals surface area (Å²) in [5.41, 5.74) is 4.44. The summed E-state index contributed by atoms with van der Waals surface area (Å²) in [6.07, 6.45) is 0.643. The van der Waals surface area contributed by atoms with E-state index in [1.54, 1.807) is 14.2 Å². The van der Waals surface area contributed by atoms with E-state index in [9.17, 15) is 4.79 Å². The first-order valence-corrected chi connectivity index (χ1v) is 9.26. The number of H-pyrrole nitrogens is 1. The number of anilines is 2. The van der Waals surface area contributed by atoms with Crippen LogP contribution in [0.1, 0.15) is 27.2 Å². The van der Waals surface area contributed by atoms with Crippen LogP contribution in [0.2, 0.25) is 0 Å². The second kappa shape index (κ2) is 9.09. The Morgan fingerprint density at radius 2 is 1.79 bits per heavy atom.